The van der Waals surface area contributed by atoms with Crippen LogP contribution in [0.2, 0.25) is 5.15 Å². The van der Waals surface area contributed by atoms with Crippen molar-refractivity contribution in [3.05, 3.63) is 58.9 Å². The van der Waals surface area contributed by atoms with Gasteiger partial charge < -0.3 is 16.0 Å². The van der Waals surface area contributed by atoms with Gasteiger partial charge in [-0.2, -0.15) is 0 Å². The lowest BCUT2D eigenvalue weighted by Gasteiger charge is -2.31. The first-order chi connectivity index (χ1) is 18.4. The minimum atomic E-state index is -0.258. The minimum Gasteiger partial charge on any atom is -0.382 e. The molecule has 0 saturated heterocycles. The molecule has 1 aromatic carbocycles. The predicted octanol–water partition coefficient (Wildman–Crippen LogP) is 5.33. The number of benzene rings is 1. The van der Waals surface area contributed by atoms with Crippen LogP contribution < -0.4 is 16.0 Å². The number of aryl methyl sites for hydroxylation is 1. The summed E-state index contributed by atoms with van der Waals surface area (Å²) in [6.45, 7) is 2.60. The number of carbonyl (C=O) groups is 3. The molecule has 38 heavy (non-hydrogen) atoms. The Kier molecular flexibility index (Phi) is 10.2. The van der Waals surface area contributed by atoms with E-state index < -0.39 is 0 Å². The topological polar surface area (TPSA) is 100 Å². The number of pyridine rings is 1. The van der Waals surface area contributed by atoms with Gasteiger partial charge in [-0.05, 0) is 68.2 Å². The van der Waals surface area contributed by atoms with Crippen molar-refractivity contribution in [1.82, 2.24) is 15.6 Å². The van der Waals surface area contributed by atoms with Crippen LogP contribution in [0, 0.1) is 11.8 Å². The molecule has 1 aliphatic heterocycles. The molecule has 4 rings (SSSR count). The second kappa shape index (κ2) is 13.7. The molecule has 2 heterocycles. The Labute approximate surface area is 230 Å². The Morgan fingerprint density at radius 1 is 1.08 bits per heavy atom. The number of aromatic nitrogens is 1. The van der Waals surface area contributed by atoms with Crippen LogP contribution in [0.25, 0.3) is 0 Å². The maximum atomic E-state index is 13.0. The summed E-state index contributed by atoms with van der Waals surface area (Å²) < 4.78 is 0. The number of para-hydroxylation sites is 1. The summed E-state index contributed by atoms with van der Waals surface area (Å²) in [5.74, 6) is -0.0543. The summed E-state index contributed by atoms with van der Waals surface area (Å²) in [7, 11) is 0. The highest BCUT2D eigenvalue weighted by Gasteiger charge is 2.32. The highest BCUT2D eigenvalue weighted by Crippen LogP contribution is 2.26. The third-order valence-electron chi connectivity index (χ3n) is 7.80. The number of amides is 2. The van der Waals surface area contributed by atoms with E-state index in [1.54, 1.807) is 12.1 Å². The van der Waals surface area contributed by atoms with E-state index in [9.17, 15) is 14.4 Å². The average Bonchev–Trinajstić information content (AvgIpc) is 3.13. The van der Waals surface area contributed by atoms with E-state index in [1.165, 1.54) is 11.8 Å². The first kappa shape index (κ1) is 28.1. The van der Waals surface area contributed by atoms with Crippen molar-refractivity contribution in [2.75, 3.05) is 11.9 Å². The molecule has 2 unspecified atom stereocenters. The van der Waals surface area contributed by atoms with Crippen molar-refractivity contribution < 1.29 is 14.4 Å². The molecule has 0 radical (unpaired) electrons. The van der Waals surface area contributed by atoms with Gasteiger partial charge in [0.05, 0.1) is 11.5 Å². The number of fused-ring (bicyclic) bond motifs is 1. The Morgan fingerprint density at radius 2 is 1.89 bits per heavy atom. The molecule has 1 fully saturated rings. The first-order valence-electron chi connectivity index (χ1n) is 14.0. The van der Waals surface area contributed by atoms with Crippen LogP contribution in [-0.2, 0) is 16.0 Å². The Bertz CT molecular complexity index is 1110. The maximum Gasteiger partial charge on any atom is 0.253 e. The monoisotopic (exact) mass is 538 g/mol. The van der Waals surface area contributed by atoms with Crippen molar-refractivity contribution in [2.24, 2.45) is 11.8 Å². The van der Waals surface area contributed by atoms with Crippen molar-refractivity contribution in [3.63, 3.8) is 0 Å². The predicted molar refractivity (Wildman–Crippen MR) is 150 cm³/mol. The van der Waals surface area contributed by atoms with Gasteiger partial charge in [0.25, 0.3) is 5.91 Å². The number of nitrogens with one attached hydrogen (secondary N) is 3. The molecule has 204 valence electrons. The van der Waals surface area contributed by atoms with Crippen LogP contribution in [0.15, 0.2) is 42.6 Å². The molecular weight excluding hydrogens is 500 g/mol. The molecule has 4 atom stereocenters. The number of rotatable bonds is 10. The smallest absolute Gasteiger partial charge is 0.253 e. The molecule has 2 aliphatic rings. The minimum absolute atomic E-state index is 0.0243. The number of ketones is 1. The standard InChI is InChI=1S/C30H39ClN4O3/c1-20(13-15-24(36)17-23-9-6-8-21-7-2-4-11-26(21)34-23)18-33-30(38)25-10-3-5-12-27(25)35-29(37)22-14-16-28(31)32-19-22/h2,4,7,11,14,16,19-20,23,25,27,34H,3,5-6,8-10,12-13,15,17-18H2,1H3,(H,33,38)(H,35,37)/t20?,23?,25-,27+/m1/s1. The Balaban J connectivity index is 1.19. The summed E-state index contributed by atoms with van der Waals surface area (Å²) in [6, 6.07) is 11.5. The Morgan fingerprint density at radius 3 is 2.71 bits per heavy atom. The van der Waals surface area contributed by atoms with Crippen molar-refractivity contribution in [3.8, 4) is 0 Å². The van der Waals surface area contributed by atoms with Crippen molar-refractivity contribution in [1.29, 1.82) is 0 Å². The molecule has 1 aromatic heterocycles. The second-order valence-corrected chi connectivity index (χ2v) is 11.3. The summed E-state index contributed by atoms with van der Waals surface area (Å²) in [5, 5.41) is 10.0. The third kappa shape index (κ3) is 8.03. The van der Waals surface area contributed by atoms with Gasteiger partial charge in [-0.1, -0.05) is 49.6 Å². The molecule has 1 aliphatic carbocycles. The van der Waals surface area contributed by atoms with Gasteiger partial charge in [0.2, 0.25) is 5.91 Å². The van der Waals surface area contributed by atoms with E-state index in [1.807, 2.05) is 6.07 Å². The van der Waals surface area contributed by atoms with E-state index >= 15 is 0 Å². The molecule has 2 amide bonds. The highest BCUT2D eigenvalue weighted by molar-refractivity contribution is 6.29. The van der Waals surface area contributed by atoms with E-state index in [4.69, 9.17) is 11.6 Å². The first-order valence-corrected chi connectivity index (χ1v) is 14.3. The maximum absolute atomic E-state index is 13.0. The number of Topliss-reactive ketones (excluding diaryl/α,β-unsaturated/α-hetero) is 1. The van der Waals surface area contributed by atoms with Gasteiger partial charge in [-0.3, -0.25) is 14.4 Å². The lowest BCUT2D eigenvalue weighted by atomic mass is 9.83. The zero-order chi connectivity index (χ0) is 26.9. The summed E-state index contributed by atoms with van der Waals surface area (Å²) in [5.41, 5.74) is 2.91. The normalized spacial score (nSPS) is 21.8. The van der Waals surface area contributed by atoms with Gasteiger partial charge >= 0.3 is 0 Å². The fourth-order valence-corrected chi connectivity index (χ4v) is 5.65. The fraction of sp³-hybridized carbons (Fsp3) is 0.533. The number of hydrogen-bond donors (Lipinski definition) is 3. The Hall–Kier alpha value is -2.93. The average molecular weight is 539 g/mol. The van der Waals surface area contributed by atoms with Crippen LogP contribution in [0.4, 0.5) is 5.69 Å². The van der Waals surface area contributed by atoms with Gasteiger partial charge in [0.15, 0.2) is 0 Å². The molecule has 8 heteroatoms. The molecule has 2 aromatic rings. The van der Waals surface area contributed by atoms with E-state index in [-0.39, 0.29) is 41.5 Å². The molecule has 0 spiro atoms. The number of halogens is 1. The zero-order valence-corrected chi connectivity index (χ0v) is 22.9. The molecule has 0 bridgehead atoms. The van der Waals surface area contributed by atoms with Crippen LogP contribution in [0.3, 0.4) is 0 Å². The van der Waals surface area contributed by atoms with Gasteiger partial charge in [-0.15, -0.1) is 0 Å². The highest BCUT2D eigenvalue weighted by atomic mass is 35.5. The van der Waals surface area contributed by atoms with Gasteiger partial charge in [0, 0.05) is 43.4 Å². The quantitative estimate of drug-likeness (QED) is 0.355. The van der Waals surface area contributed by atoms with Crippen molar-refractivity contribution >= 4 is 34.9 Å². The van der Waals surface area contributed by atoms with E-state index in [2.05, 4.69) is 46.1 Å². The fourth-order valence-electron chi connectivity index (χ4n) is 5.53. The lowest BCUT2D eigenvalue weighted by molar-refractivity contribution is -0.126. The van der Waals surface area contributed by atoms with Crippen molar-refractivity contribution in [2.45, 2.75) is 83.2 Å². The van der Waals surface area contributed by atoms with Gasteiger partial charge in [-0.25, -0.2) is 4.98 Å². The SMILES string of the molecule is CC(CCC(=O)CC1CCCc2ccccc2N1)CNC(=O)[C@@H]1CCCC[C@@H]1NC(=O)c1ccc(Cl)nc1. The molecular formula is C30H39ClN4O3. The number of hydrogen-bond acceptors (Lipinski definition) is 5. The third-order valence-corrected chi connectivity index (χ3v) is 8.02. The van der Waals surface area contributed by atoms with Crippen LogP contribution in [0.1, 0.15) is 80.6 Å². The van der Waals surface area contributed by atoms with Crippen LogP contribution in [0.5, 0.6) is 0 Å². The number of nitrogens with zero attached hydrogens (tertiary/aromatic N) is 1. The van der Waals surface area contributed by atoms with E-state index in [0.717, 1.165) is 57.1 Å². The van der Waals surface area contributed by atoms with Crippen LogP contribution >= 0.6 is 11.6 Å². The number of anilines is 1. The van der Waals surface area contributed by atoms with Crippen LogP contribution in [-0.4, -0.2) is 41.2 Å². The lowest BCUT2D eigenvalue weighted by Crippen LogP contribution is -2.49. The number of carbonyl (C=O) groups excluding carboxylic acids is 3. The van der Waals surface area contributed by atoms with Gasteiger partial charge in [0.1, 0.15) is 10.9 Å². The molecule has 1 saturated carbocycles. The molecule has 7 nitrogen and oxygen atoms in total. The summed E-state index contributed by atoms with van der Waals surface area (Å²) in [4.78, 5) is 42.4. The largest absolute Gasteiger partial charge is 0.382 e. The summed E-state index contributed by atoms with van der Waals surface area (Å²) >= 11 is 5.82. The zero-order valence-electron chi connectivity index (χ0n) is 22.2. The van der Waals surface area contributed by atoms with E-state index in [0.29, 0.717) is 30.1 Å². The second-order valence-electron chi connectivity index (χ2n) is 10.9. The molecule has 3 N–H and O–H groups in total. The summed E-state index contributed by atoms with van der Waals surface area (Å²) in [6.07, 6.45) is 9.87.